The Balaban J connectivity index is 1.62. The molecule has 4 nitrogen and oxygen atoms in total. The van der Waals surface area contributed by atoms with Gasteiger partial charge < -0.3 is 10.1 Å². The van der Waals surface area contributed by atoms with E-state index >= 15 is 0 Å². The van der Waals surface area contributed by atoms with Gasteiger partial charge in [0.1, 0.15) is 5.75 Å². The largest absolute Gasteiger partial charge is 0.497 e. The van der Waals surface area contributed by atoms with Gasteiger partial charge in [-0.3, -0.25) is 9.69 Å². The zero-order valence-electron chi connectivity index (χ0n) is 14.0. The predicted molar refractivity (Wildman–Crippen MR) is 102 cm³/mol. The molecule has 3 rings (SSSR count). The second kappa shape index (κ2) is 8.09. The molecular formula is C19H20Cl2N2O2. The molecule has 0 bridgehead atoms. The molecule has 0 unspecified atom stereocenters. The minimum Gasteiger partial charge on any atom is -0.497 e. The molecule has 0 spiro atoms. The molecule has 1 N–H and O–H groups in total. The van der Waals surface area contributed by atoms with E-state index in [1.54, 1.807) is 25.3 Å². The van der Waals surface area contributed by atoms with E-state index < -0.39 is 0 Å². The lowest BCUT2D eigenvalue weighted by atomic mass is 10.2. The average molecular weight is 379 g/mol. The van der Waals surface area contributed by atoms with Crippen molar-refractivity contribution in [3.05, 3.63) is 58.1 Å². The number of rotatable bonds is 7. The van der Waals surface area contributed by atoms with E-state index in [9.17, 15) is 4.79 Å². The highest BCUT2D eigenvalue weighted by Crippen LogP contribution is 2.29. The van der Waals surface area contributed by atoms with Crippen LogP contribution in [0.1, 0.15) is 18.4 Å². The fraction of sp³-hybridized carbons (Fsp3) is 0.316. The number of nitrogens with one attached hydrogen (secondary N) is 1. The molecule has 0 aliphatic heterocycles. The quantitative estimate of drug-likeness (QED) is 0.764. The van der Waals surface area contributed by atoms with Gasteiger partial charge in [-0.05, 0) is 48.7 Å². The molecule has 2 aromatic carbocycles. The lowest BCUT2D eigenvalue weighted by molar-refractivity contribution is -0.117. The summed E-state index contributed by atoms with van der Waals surface area (Å²) in [6.45, 7) is 1.06. The summed E-state index contributed by atoms with van der Waals surface area (Å²) in [6, 6.07) is 13.4. The van der Waals surface area contributed by atoms with Gasteiger partial charge in [-0.25, -0.2) is 0 Å². The van der Waals surface area contributed by atoms with Gasteiger partial charge in [-0.1, -0.05) is 35.3 Å². The molecule has 25 heavy (non-hydrogen) atoms. The van der Waals surface area contributed by atoms with Gasteiger partial charge in [0.05, 0.1) is 24.4 Å². The second-order valence-corrected chi connectivity index (χ2v) is 7.00. The summed E-state index contributed by atoms with van der Waals surface area (Å²) in [7, 11) is 1.65. The minimum absolute atomic E-state index is 0.0790. The van der Waals surface area contributed by atoms with Crippen LogP contribution in [0.25, 0.3) is 0 Å². The molecule has 1 aliphatic rings. The fourth-order valence-electron chi connectivity index (χ4n) is 2.68. The van der Waals surface area contributed by atoms with Crippen LogP contribution in [-0.2, 0) is 11.3 Å². The van der Waals surface area contributed by atoms with Crippen molar-refractivity contribution in [2.75, 3.05) is 19.0 Å². The molecule has 0 aromatic heterocycles. The molecule has 6 heteroatoms. The highest BCUT2D eigenvalue weighted by Gasteiger charge is 2.30. The summed E-state index contributed by atoms with van der Waals surface area (Å²) in [5.41, 5.74) is 1.74. The van der Waals surface area contributed by atoms with Crippen LogP contribution < -0.4 is 10.1 Å². The molecule has 1 saturated carbocycles. The molecular weight excluding hydrogens is 359 g/mol. The Morgan fingerprint density at radius 3 is 2.52 bits per heavy atom. The number of amides is 1. The van der Waals surface area contributed by atoms with Gasteiger partial charge in [0.15, 0.2) is 0 Å². The van der Waals surface area contributed by atoms with Crippen molar-refractivity contribution in [1.29, 1.82) is 0 Å². The molecule has 1 fully saturated rings. The average Bonchev–Trinajstić information content (AvgIpc) is 3.42. The van der Waals surface area contributed by atoms with Gasteiger partial charge in [-0.15, -0.1) is 0 Å². The number of methoxy groups -OCH3 is 1. The molecule has 1 aliphatic carbocycles. The van der Waals surface area contributed by atoms with E-state index in [0.29, 0.717) is 28.3 Å². The summed E-state index contributed by atoms with van der Waals surface area (Å²) in [6.07, 6.45) is 2.26. The summed E-state index contributed by atoms with van der Waals surface area (Å²) in [4.78, 5) is 14.6. The van der Waals surface area contributed by atoms with Crippen molar-refractivity contribution in [2.24, 2.45) is 0 Å². The molecule has 0 radical (unpaired) electrons. The Bertz CT molecular complexity index is 746. The number of nitrogens with zero attached hydrogens (tertiary/aromatic N) is 1. The standard InChI is InChI=1S/C19H20Cl2N2O2/c1-25-16-7-2-13(3-8-16)11-23(15-5-6-15)12-19(24)22-18-9-4-14(20)10-17(18)21/h2-4,7-10,15H,5-6,11-12H2,1H3,(H,22,24). The van der Waals surface area contributed by atoms with Gasteiger partial charge in [-0.2, -0.15) is 0 Å². The van der Waals surface area contributed by atoms with Crippen molar-refractivity contribution >= 4 is 34.8 Å². The zero-order chi connectivity index (χ0) is 17.8. The highest BCUT2D eigenvalue weighted by molar-refractivity contribution is 6.36. The number of hydrogen-bond acceptors (Lipinski definition) is 3. The highest BCUT2D eigenvalue weighted by atomic mass is 35.5. The maximum absolute atomic E-state index is 12.4. The fourth-order valence-corrected chi connectivity index (χ4v) is 3.14. The van der Waals surface area contributed by atoms with Crippen molar-refractivity contribution in [1.82, 2.24) is 4.90 Å². The maximum atomic E-state index is 12.4. The first-order valence-electron chi connectivity index (χ1n) is 8.17. The van der Waals surface area contributed by atoms with Crippen molar-refractivity contribution in [3.63, 3.8) is 0 Å². The van der Waals surface area contributed by atoms with Crippen LogP contribution in [0.2, 0.25) is 10.0 Å². The number of ether oxygens (including phenoxy) is 1. The Morgan fingerprint density at radius 2 is 1.92 bits per heavy atom. The molecule has 0 saturated heterocycles. The first-order chi connectivity index (χ1) is 12.0. The summed E-state index contributed by atoms with van der Waals surface area (Å²) in [5.74, 6) is 0.751. The third-order valence-corrected chi connectivity index (χ3v) is 4.71. The third kappa shape index (κ3) is 5.11. The van der Waals surface area contributed by atoms with Crippen LogP contribution in [0.5, 0.6) is 5.75 Å². The van der Waals surface area contributed by atoms with Gasteiger partial charge in [0.2, 0.25) is 5.91 Å². The van der Waals surface area contributed by atoms with E-state index in [2.05, 4.69) is 10.2 Å². The SMILES string of the molecule is COc1ccc(CN(CC(=O)Nc2ccc(Cl)cc2Cl)C2CC2)cc1. The molecule has 132 valence electrons. The first-order valence-corrected chi connectivity index (χ1v) is 8.92. The Labute approximate surface area is 157 Å². The van der Waals surface area contributed by atoms with Gasteiger partial charge in [0.25, 0.3) is 0 Å². The van der Waals surface area contributed by atoms with Crippen LogP contribution in [0.15, 0.2) is 42.5 Å². The van der Waals surface area contributed by atoms with Crippen molar-refractivity contribution in [2.45, 2.75) is 25.4 Å². The number of anilines is 1. The number of hydrogen-bond donors (Lipinski definition) is 1. The Kier molecular flexibility index (Phi) is 5.84. The number of benzene rings is 2. The summed E-state index contributed by atoms with van der Waals surface area (Å²) < 4.78 is 5.18. The van der Waals surface area contributed by atoms with E-state index in [1.807, 2.05) is 24.3 Å². The smallest absolute Gasteiger partial charge is 0.238 e. The Hall–Kier alpha value is -1.75. The van der Waals surface area contributed by atoms with Crippen LogP contribution in [0, 0.1) is 0 Å². The van der Waals surface area contributed by atoms with E-state index in [-0.39, 0.29) is 5.91 Å². The maximum Gasteiger partial charge on any atom is 0.238 e. The van der Waals surface area contributed by atoms with E-state index in [0.717, 1.165) is 30.7 Å². The van der Waals surface area contributed by atoms with Crippen molar-refractivity contribution < 1.29 is 9.53 Å². The van der Waals surface area contributed by atoms with Gasteiger partial charge in [0, 0.05) is 17.6 Å². The molecule has 0 atom stereocenters. The van der Waals surface area contributed by atoms with Crippen LogP contribution in [0.3, 0.4) is 0 Å². The third-order valence-electron chi connectivity index (χ3n) is 4.16. The number of carbonyl (C=O) groups is 1. The summed E-state index contributed by atoms with van der Waals surface area (Å²) in [5, 5.41) is 3.85. The molecule has 1 amide bonds. The number of carbonyl (C=O) groups excluding carboxylic acids is 1. The first kappa shape index (κ1) is 18.1. The summed E-state index contributed by atoms with van der Waals surface area (Å²) >= 11 is 12.0. The topological polar surface area (TPSA) is 41.6 Å². The zero-order valence-corrected chi connectivity index (χ0v) is 15.5. The van der Waals surface area contributed by atoms with Gasteiger partial charge >= 0.3 is 0 Å². The van der Waals surface area contributed by atoms with Crippen molar-refractivity contribution in [3.8, 4) is 5.75 Å². The van der Waals surface area contributed by atoms with E-state index in [1.165, 1.54) is 0 Å². The lowest BCUT2D eigenvalue weighted by Crippen LogP contribution is -2.34. The number of halogens is 2. The predicted octanol–water partition coefficient (Wildman–Crippen LogP) is 4.61. The van der Waals surface area contributed by atoms with Crippen LogP contribution in [0.4, 0.5) is 5.69 Å². The monoisotopic (exact) mass is 378 g/mol. The molecule has 2 aromatic rings. The van der Waals surface area contributed by atoms with E-state index in [4.69, 9.17) is 27.9 Å². The normalized spacial score (nSPS) is 13.8. The van der Waals surface area contributed by atoms with Crippen LogP contribution in [-0.4, -0.2) is 30.5 Å². The lowest BCUT2D eigenvalue weighted by Gasteiger charge is -2.22. The Morgan fingerprint density at radius 1 is 1.20 bits per heavy atom. The molecule has 0 heterocycles. The second-order valence-electron chi connectivity index (χ2n) is 6.16. The minimum atomic E-state index is -0.0790. The van der Waals surface area contributed by atoms with Crippen LogP contribution >= 0.6 is 23.2 Å².